The molecule has 0 radical (unpaired) electrons. The van der Waals surface area contributed by atoms with Crippen LogP contribution < -0.4 is 14.9 Å². The Morgan fingerprint density at radius 2 is 1.90 bits per heavy atom. The molecule has 6 nitrogen and oxygen atoms in total. The number of rotatable bonds is 9. The van der Waals surface area contributed by atoms with Crippen molar-refractivity contribution in [3.8, 4) is 11.5 Å². The highest BCUT2D eigenvalue weighted by molar-refractivity contribution is 6.30. The van der Waals surface area contributed by atoms with Crippen LogP contribution >= 0.6 is 11.6 Å². The number of nitrogens with one attached hydrogen (secondary N) is 1. The van der Waals surface area contributed by atoms with Gasteiger partial charge in [0.05, 0.1) is 24.1 Å². The fraction of sp³-hybridized carbons (Fsp3) is 0.130. The minimum absolute atomic E-state index is 0.148. The van der Waals surface area contributed by atoms with Crippen molar-refractivity contribution in [2.45, 2.75) is 13.5 Å². The molecule has 2 N–H and O–H groups in total. The molecule has 0 aromatic heterocycles. The number of hydrogen-bond acceptors (Lipinski definition) is 5. The molecule has 0 saturated carbocycles. The van der Waals surface area contributed by atoms with Crippen molar-refractivity contribution in [1.82, 2.24) is 0 Å². The van der Waals surface area contributed by atoms with Crippen molar-refractivity contribution in [2.75, 3.05) is 12.0 Å². The first-order valence-corrected chi connectivity index (χ1v) is 9.70. The molecule has 3 aromatic rings. The van der Waals surface area contributed by atoms with E-state index in [0.29, 0.717) is 35.4 Å². The fourth-order valence-electron chi connectivity index (χ4n) is 2.72. The number of carbonyl (C=O) groups is 1. The van der Waals surface area contributed by atoms with E-state index in [1.54, 1.807) is 24.4 Å². The Kier molecular flexibility index (Phi) is 7.29. The molecule has 30 heavy (non-hydrogen) atoms. The minimum atomic E-state index is -1.02. The van der Waals surface area contributed by atoms with E-state index in [0.717, 1.165) is 11.1 Å². The molecule has 3 rings (SSSR count). The van der Waals surface area contributed by atoms with E-state index in [4.69, 9.17) is 21.1 Å². The molecule has 0 unspecified atom stereocenters. The number of hydrogen-bond donors (Lipinski definition) is 2. The van der Waals surface area contributed by atoms with Gasteiger partial charge in [0.25, 0.3) is 0 Å². The number of nitrogens with zero attached hydrogens (tertiary/aromatic N) is 1. The van der Waals surface area contributed by atoms with Gasteiger partial charge < -0.3 is 14.6 Å². The van der Waals surface area contributed by atoms with Crippen molar-refractivity contribution in [2.24, 2.45) is 5.10 Å². The second-order valence-electron chi connectivity index (χ2n) is 6.28. The third-order valence-electron chi connectivity index (χ3n) is 4.11. The first-order valence-electron chi connectivity index (χ1n) is 9.32. The molecule has 0 bridgehead atoms. The summed E-state index contributed by atoms with van der Waals surface area (Å²) in [4.78, 5) is 11.3. The number of halogens is 1. The zero-order valence-electron chi connectivity index (χ0n) is 16.3. The zero-order valence-corrected chi connectivity index (χ0v) is 17.1. The number of hydrazone groups is 1. The second-order valence-corrected chi connectivity index (χ2v) is 6.71. The molecule has 0 heterocycles. The maximum Gasteiger partial charge on any atom is 0.337 e. The lowest BCUT2D eigenvalue weighted by atomic mass is 10.2. The number of para-hydroxylation sites is 1. The lowest BCUT2D eigenvalue weighted by Crippen LogP contribution is -2.02. The van der Waals surface area contributed by atoms with Gasteiger partial charge in [-0.25, -0.2) is 4.79 Å². The monoisotopic (exact) mass is 424 g/mol. The van der Waals surface area contributed by atoms with Gasteiger partial charge in [-0.2, -0.15) is 5.10 Å². The van der Waals surface area contributed by atoms with Crippen LogP contribution in [0.4, 0.5) is 5.69 Å². The number of carboxylic acids is 1. The largest absolute Gasteiger partial charge is 0.490 e. The van der Waals surface area contributed by atoms with Gasteiger partial charge in [0.15, 0.2) is 11.5 Å². The SMILES string of the molecule is CCOc1cc(/C=N/Nc2ccccc2C(=O)O)ccc1OCc1cccc(Cl)c1. The molecule has 0 spiro atoms. The smallest absolute Gasteiger partial charge is 0.337 e. The first-order chi connectivity index (χ1) is 14.6. The van der Waals surface area contributed by atoms with Crippen LogP contribution in [-0.4, -0.2) is 23.9 Å². The van der Waals surface area contributed by atoms with Crippen molar-refractivity contribution in [3.63, 3.8) is 0 Å². The lowest BCUT2D eigenvalue weighted by Gasteiger charge is -2.13. The summed E-state index contributed by atoms with van der Waals surface area (Å²) in [6, 6.07) is 19.5. The summed E-state index contributed by atoms with van der Waals surface area (Å²) in [6.45, 7) is 2.74. The number of ether oxygens (including phenoxy) is 2. The van der Waals surface area contributed by atoms with Crippen LogP contribution in [0.2, 0.25) is 5.02 Å². The third-order valence-corrected chi connectivity index (χ3v) is 4.34. The summed E-state index contributed by atoms with van der Waals surface area (Å²) < 4.78 is 11.6. The van der Waals surface area contributed by atoms with Gasteiger partial charge in [-0.3, -0.25) is 5.43 Å². The summed E-state index contributed by atoms with van der Waals surface area (Å²) in [5, 5.41) is 14.0. The van der Waals surface area contributed by atoms with Crippen molar-refractivity contribution >= 4 is 29.5 Å². The molecule has 0 aliphatic carbocycles. The lowest BCUT2D eigenvalue weighted by molar-refractivity contribution is 0.0698. The zero-order chi connectivity index (χ0) is 21.3. The molecular weight excluding hydrogens is 404 g/mol. The molecule has 0 atom stereocenters. The van der Waals surface area contributed by atoms with E-state index in [-0.39, 0.29) is 5.56 Å². The van der Waals surface area contributed by atoms with E-state index >= 15 is 0 Å². The molecule has 0 saturated heterocycles. The van der Waals surface area contributed by atoms with Crippen molar-refractivity contribution < 1.29 is 19.4 Å². The van der Waals surface area contributed by atoms with E-state index in [1.807, 2.05) is 49.4 Å². The highest BCUT2D eigenvalue weighted by Gasteiger charge is 2.09. The maximum absolute atomic E-state index is 11.3. The normalized spacial score (nSPS) is 10.7. The van der Waals surface area contributed by atoms with Crippen molar-refractivity contribution in [3.05, 3.63) is 88.4 Å². The van der Waals surface area contributed by atoms with Gasteiger partial charge in [-0.15, -0.1) is 0 Å². The molecule has 0 aliphatic rings. The molecule has 3 aromatic carbocycles. The number of benzene rings is 3. The van der Waals surface area contributed by atoms with Crippen LogP contribution in [0.25, 0.3) is 0 Å². The molecule has 0 amide bonds. The van der Waals surface area contributed by atoms with Gasteiger partial charge >= 0.3 is 5.97 Å². The molecule has 7 heteroatoms. The molecule has 154 valence electrons. The summed E-state index contributed by atoms with van der Waals surface area (Å²) in [6.07, 6.45) is 1.59. The van der Waals surface area contributed by atoms with Crippen LogP contribution in [0.1, 0.15) is 28.4 Å². The van der Waals surface area contributed by atoms with E-state index < -0.39 is 5.97 Å². The third kappa shape index (κ3) is 5.75. The Labute approximate surface area is 179 Å². The Balaban J connectivity index is 1.71. The second kappa shape index (κ2) is 10.3. The highest BCUT2D eigenvalue weighted by atomic mass is 35.5. The average molecular weight is 425 g/mol. The summed E-state index contributed by atoms with van der Waals surface area (Å²) in [5.74, 6) is 0.181. The fourth-order valence-corrected chi connectivity index (χ4v) is 2.94. The van der Waals surface area contributed by atoms with Crippen LogP contribution in [0.5, 0.6) is 11.5 Å². The Bertz CT molecular complexity index is 1050. The Morgan fingerprint density at radius 1 is 1.07 bits per heavy atom. The summed E-state index contributed by atoms with van der Waals surface area (Å²) in [5.41, 5.74) is 5.05. The van der Waals surface area contributed by atoms with Gasteiger partial charge in [0.2, 0.25) is 0 Å². The predicted octanol–water partition coefficient (Wildman–Crippen LogP) is 5.46. The molecule has 0 aliphatic heterocycles. The highest BCUT2D eigenvalue weighted by Crippen LogP contribution is 2.29. The summed E-state index contributed by atoms with van der Waals surface area (Å²) >= 11 is 6.01. The predicted molar refractivity (Wildman–Crippen MR) is 118 cm³/mol. The summed E-state index contributed by atoms with van der Waals surface area (Å²) in [7, 11) is 0. The maximum atomic E-state index is 11.3. The standard InChI is InChI=1S/C23H21ClN2O4/c1-2-29-22-13-16(14-25-26-20-9-4-3-8-19(20)23(27)28)10-11-21(22)30-15-17-6-5-7-18(24)12-17/h3-14,26H,2,15H2,1H3,(H,27,28)/b25-14+. The van der Waals surface area contributed by atoms with Gasteiger partial charge in [-0.1, -0.05) is 35.9 Å². The average Bonchev–Trinajstić information content (AvgIpc) is 2.74. The van der Waals surface area contributed by atoms with Gasteiger partial charge in [-0.05, 0) is 60.5 Å². The first kappa shape index (κ1) is 21.2. The van der Waals surface area contributed by atoms with Crippen LogP contribution in [0.3, 0.4) is 0 Å². The molecule has 0 fully saturated rings. The Hall–Kier alpha value is -3.51. The van der Waals surface area contributed by atoms with Crippen LogP contribution in [0, 0.1) is 0 Å². The van der Waals surface area contributed by atoms with E-state index in [9.17, 15) is 9.90 Å². The van der Waals surface area contributed by atoms with Crippen LogP contribution in [-0.2, 0) is 6.61 Å². The quantitative estimate of drug-likeness (QED) is 0.352. The van der Waals surface area contributed by atoms with Crippen LogP contribution in [0.15, 0.2) is 71.8 Å². The van der Waals surface area contributed by atoms with Crippen molar-refractivity contribution in [1.29, 1.82) is 0 Å². The van der Waals surface area contributed by atoms with Gasteiger partial charge in [0, 0.05) is 5.02 Å². The number of aromatic carboxylic acids is 1. The van der Waals surface area contributed by atoms with E-state index in [2.05, 4.69) is 10.5 Å². The Morgan fingerprint density at radius 3 is 2.67 bits per heavy atom. The van der Waals surface area contributed by atoms with Gasteiger partial charge in [0.1, 0.15) is 6.61 Å². The number of anilines is 1. The molecular formula is C23H21ClN2O4. The topological polar surface area (TPSA) is 80.2 Å². The van der Waals surface area contributed by atoms with E-state index in [1.165, 1.54) is 6.07 Å². The minimum Gasteiger partial charge on any atom is -0.490 e. The number of carboxylic acid groups (broad SMARTS) is 1.